The molecule has 3 heterocycles. The normalized spacial score (nSPS) is 11.8. The second-order valence-electron chi connectivity index (χ2n) is 5.73. The summed E-state index contributed by atoms with van der Waals surface area (Å²) in [5.74, 6) is -0.208. The molecule has 0 radical (unpaired) electrons. The third kappa shape index (κ3) is 2.80. The van der Waals surface area contributed by atoms with Crippen molar-refractivity contribution >= 4 is 39.5 Å². The van der Waals surface area contributed by atoms with E-state index in [2.05, 4.69) is 20.5 Å². The third-order valence-electron chi connectivity index (χ3n) is 3.97. The van der Waals surface area contributed by atoms with E-state index in [0.717, 1.165) is 33.1 Å². The smallest absolute Gasteiger partial charge is 0.260 e. The summed E-state index contributed by atoms with van der Waals surface area (Å²) in [6, 6.07) is 7.70. The number of imidazole rings is 2. The summed E-state index contributed by atoms with van der Waals surface area (Å²) < 4.78 is 3.82. The van der Waals surface area contributed by atoms with Crippen molar-refractivity contribution in [2.45, 2.75) is 20.4 Å². The van der Waals surface area contributed by atoms with Crippen molar-refractivity contribution in [3.8, 4) is 0 Å². The standard InChI is InChI=1S/C17H16N6OS/c1-11-9-25-17-20-12(2)15(23(11)17)7-19-21-16(24)8-22-10-18-13-5-3-4-6-14(13)22/h3-7,9-10H,8H2,1-2H3,(H,21,24)/b19-7-. The molecule has 4 aromatic rings. The number of rotatable bonds is 4. The van der Waals surface area contributed by atoms with Crippen LogP contribution in [0.1, 0.15) is 17.1 Å². The summed E-state index contributed by atoms with van der Waals surface area (Å²) in [4.78, 5) is 21.8. The molecule has 126 valence electrons. The third-order valence-corrected chi connectivity index (χ3v) is 4.91. The van der Waals surface area contributed by atoms with Crippen LogP contribution in [-0.2, 0) is 11.3 Å². The predicted octanol–water partition coefficient (Wildman–Crippen LogP) is 2.51. The first kappa shape index (κ1) is 15.5. The highest BCUT2D eigenvalue weighted by molar-refractivity contribution is 7.15. The highest BCUT2D eigenvalue weighted by atomic mass is 32.1. The van der Waals surface area contributed by atoms with E-state index in [1.54, 1.807) is 28.4 Å². The topological polar surface area (TPSA) is 76.6 Å². The molecule has 0 spiro atoms. The highest BCUT2D eigenvalue weighted by Crippen LogP contribution is 2.19. The summed E-state index contributed by atoms with van der Waals surface area (Å²) in [5, 5.41) is 6.14. The van der Waals surface area contributed by atoms with Gasteiger partial charge in [-0.15, -0.1) is 11.3 Å². The van der Waals surface area contributed by atoms with Gasteiger partial charge >= 0.3 is 0 Å². The van der Waals surface area contributed by atoms with Crippen molar-refractivity contribution in [1.82, 2.24) is 24.4 Å². The molecule has 0 aliphatic heterocycles. The van der Waals surface area contributed by atoms with Crippen LogP contribution in [-0.4, -0.2) is 31.1 Å². The van der Waals surface area contributed by atoms with E-state index in [0.29, 0.717) is 0 Å². The molecule has 1 amide bonds. The van der Waals surface area contributed by atoms with Crippen LogP contribution in [0.2, 0.25) is 0 Å². The minimum Gasteiger partial charge on any atom is -0.321 e. The second-order valence-corrected chi connectivity index (χ2v) is 6.57. The van der Waals surface area contributed by atoms with Gasteiger partial charge in [0.15, 0.2) is 4.96 Å². The molecule has 0 unspecified atom stereocenters. The van der Waals surface area contributed by atoms with E-state index in [1.165, 1.54) is 0 Å². The summed E-state index contributed by atoms with van der Waals surface area (Å²) in [6.07, 6.45) is 3.30. The number of hydrogen-bond donors (Lipinski definition) is 1. The fourth-order valence-corrected chi connectivity index (χ4v) is 3.69. The number of amides is 1. The number of aryl methyl sites for hydroxylation is 2. The summed E-state index contributed by atoms with van der Waals surface area (Å²) in [6.45, 7) is 4.11. The van der Waals surface area contributed by atoms with E-state index < -0.39 is 0 Å². The Morgan fingerprint density at radius 3 is 3.08 bits per heavy atom. The zero-order valence-corrected chi connectivity index (χ0v) is 14.6. The number of nitrogens with zero attached hydrogens (tertiary/aromatic N) is 5. The van der Waals surface area contributed by atoms with E-state index in [9.17, 15) is 4.79 Å². The van der Waals surface area contributed by atoms with Gasteiger partial charge in [-0.1, -0.05) is 12.1 Å². The minimum atomic E-state index is -0.208. The van der Waals surface area contributed by atoms with Crippen LogP contribution >= 0.6 is 11.3 Å². The number of aromatic nitrogens is 4. The largest absolute Gasteiger partial charge is 0.321 e. The van der Waals surface area contributed by atoms with Crippen LogP contribution in [0.15, 0.2) is 41.1 Å². The lowest BCUT2D eigenvalue weighted by atomic mass is 10.3. The monoisotopic (exact) mass is 352 g/mol. The Balaban J connectivity index is 1.49. The highest BCUT2D eigenvalue weighted by Gasteiger charge is 2.10. The van der Waals surface area contributed by atoms with Crippen LogP contribution < -0.4 is 5.43 Å². The zero-order chi connectivity index (χ0) is 17.4. The first-order valence-corrected chi connectivity index (χ1v) is 8.66. The number of carbonyl (C=O) groups is 1. The number of para-hydroxylation sites is 2. The molecule has 25 heavy (non-hydrogen) atoms. The molecule has 0 saturated heterocycles. The van der Waals surface area contributed by atoms with Gasteiger partial charge in [-0.25, -0.2) is 15.4 Å². The van der Waals surface area contributed by atoms with Crippen LogP contribution in [0.3, 0.4) is 0 Å². The average molecular weight is 352 g/mol. The second kappa shape index (κ2) is 6.14. The fraction of sp³-hybridized carbons (Fsp3) is 0.176. The summed E-state index contributed by atoms with van der Waals surface area (Å²) in [5.41, 5.74) is 7.21. The summed E-state index contributed by atoms with van der Waals surface area (Å²) >= 11 is 1.59. The number of hydrazone groups is 1. The van der Waals surface area contributed by atoms with Gasteiger partial charge < -0.3 is 4.57 Å². The summed E-state index contributed by atoms with van der Waals surface area (Å²) in [7, 11) is 0. The fourth-order valence-electron chi connectivity index (χ4n) is 2.77. The number of carbonyl (C=O) groups excluding carboxylic acids is 1. The molecule has 3 aromatic heterocycles. The Morgan fingerprint density at radius 1 is 1.36 bits per heavy atom. The van der Waals surface area contributed by atoms with E-state index in [-0.39, 0.29) is 12.5 Å². The van der Waals surface area contributed by atoms with E-state index >= 15 is 0 Å². The maximum atomic E-state index is 12.2. The Morgan fingerprint density at radius 2 is 2.20 bits per heavy atom. The van der Waals surface area contributed by atoms with Crippen LogP contribution in [0, 0.1) is 13.8 Å². The van der Waals surface area contributed by atoms with Crippen LogP contribution in [0.5, 0.6) is 0 Å². The van der Waals surface area contributed by atoms with Gasteiger partial charge in [0, 0.05) is 11.1 Å². The van der Waals surface area contributed by atoms with Gasteiger partial charge in [0.2, 0.25) is 0 Å². The lowest BCUT2D eigenvalue weighted by Gasteiger charge is -2.03. The molecule has 0 saturated carbocycles. The molecule has 0 bridgehead atoms. The number of fused-ring (bicyclic) bond motifs is 2. The maximum Gasteiger partial charge on any atom is 0.260 e. The van der Waals surface area contributed by atoms with Crippen molar-refractivity contribution in [1.29, 1.82) is 0 Å². The molecule has 1 N–H and O–H groups in total. The molecule has 7 nitrogen and oxygen atoms in total. The van der Waals surface area contributed by atoms with Crippen molar-refractivity contribution in [2.24, 2.45) is 5.10 Å². The van der Waals surface area contributed by atoms with Crippen molar-refractivity contribution in [3.05, 3.63) is 53.1 Å². The van der Waals surface area contributed by atoms with Gasteiger partial charge in [-0.05, 0) is 26.0 Å². The Kier molecular flexibility index (Phi) is 3.81. The maximum absolute atomic E-state index is 12.2. The SMILES string of the molecule is Cc1nc2scc(C)n2c1/C=N\NC(=O)Cn1cnc2ccccc21. The average Bonchev–Trinajstić information content (AvgIpc) is 3.25. The van der Waals surface area contributed by atoms with Gasteiger partial charge in [0.1, 0.15) is 6.54 Å². The van der Waals surface area contributed by atoms with Gasteiger partial charge in [-0.2, -0.15) is 5.10 Å². The molecule has 4 rings (SSSR count). The van der Waals surface area contributed by atoms with E-state index in [4.69, 9.17) is 0 Å². The number of nitrogens with one attached hydrogen (secondary N) is 1. The molecule has 8 heteroatoms. The first-order chi connectivity index (χ1) is 12.1. The van der Waals surface area contributed by atoms with Crippen molar-refractivity contribution in [3.63, 3.8) is 0 Å². The Hall–Kier alpha value is -3.00. The van der Waals surface area contributed by atoms with Crippen molar-refractivity contribution in [2.75, 3.05) is 0 Å². The molecule has 0 atom stereocenters. The number of thiazole rings is 1. The van der Waals surface area contributed by atoms with Crippen molar-refractivity contribution < 1.29 is 4.79 Å². The van der Waals surface area contributed by atoms with Crippen LogP contribution in [0.25, 0.3) is 16.0 Å². The molecular weight excluding hydrogens is 336 g/mol. The molecule has 0 aliphatic rings. The minimum absolute atomic E-state index is 0.163. The number of hydrogen-bond acceptors (Lipinski definition) is 5. The van der Waals surface area contributed by atoms with Gasteiger partial charge in [-0.3, -0.25) is 9.20 Å². The quantitative estimate of drug-likeness (QED) is 0.453. The Labute approximate surface area is 147 Å². The number of benzene rings is 1. The predicted molar refractivity (Wildman–Crippen MR) is 98.0 cm³/mol. The first-order valence-electron chi connectivity index (χ1n) is 7.78. The molecule has 1 aromatic carbocycles. The molecular formula is C17H16N6OS. The molecule has 0 aliphatic carbocycles. The lowest BCUT2D eigenvalue weighted by Crippen LogP contribution is -2.23. The lowest BCUT2D eigenvalue weighted by molar-refractivity contribution is -0.121. The molecule has 0 fully saturated rings. The van der Waals surface area contributed by atoms with E-state index in [1.807, 2.05) is 47.9 Å². The zero-order valence-electron chi connectivity index (χ0n) is 13.8. The van der Waals surface area contributed by atoms with Crippen LogP contribution in [0.4, 0.5) is 0 Å². The van der Waals surface area contributed by atoms with Gasteiger partial charge in [0.05, 0.1) is 35.0 Å². The van der Waals surface area contributed by atoms with Gasteiger partial charge in [0.25, 0.3) is 5.91 Å². The Bertz CT molecular complexity index is 1100.